The number of amides is 1. The zero-order valence-electron chi connectivity index (χ0n) is 9.48. The average molecular weight is 239 g/mol. The number of phenolic OH excluding ortho intramolecular Hbond substituents is 1. The molecule has 6 heteroatoms. The summed E-state index contributed by atoms with van der Waals surface area (Å²) in [7, 11) is 1.37. The molecule has 1 aromatic carbocycles. The van der Waals surface area contributed by atoms with Crippen molar-refractivity contribution < 1.29 is 24.5 Å². The highest BCUT2D eigenvalue weighted by Gasteiger charge is 2.16. The number of carbonyl (C=O) groups excluding carboxylic acids is 1. The average Bonchev–Trinajstić information content (AvgIpc) is 2.28. The van der Waals surface area contributed by atoms with Crippen LogP contribution >= 0.6 is 0 Å². The number of aliphatic carboxylic acids is 1. The van der Waals surface area contributed by atoms with Crippen molar-refractivity contribution in [2.24, 2.45) is 0 Å². The van der Waals surface area contributed by atoms with Gasteiger partial charge in [-0.25, -0.2) is 0 Å². The second-order valence-corrected chi connectivity index (χ2v) is 3.44. The van der Waals surface area contributed by atoms with E-state index in [1.807, 2.05) is 0 Å². The third-order valence-electron chi connectivity index (χ3n) is 2.08. The number of carboxylic acids is 1. The summed E-state index contributed by atoms with van der Waals surface area (Å²) in [6, 6.07) is 3.03. The highest BCUT2D eigenvalue weighted by Crippen LogP contribution is 2.31. The van der Waals surface area contributed by atoms with E-state index in [0.29, 0.717) is 0 Å². The second-order valence-electron chi connectivity index (χ2n) is 3.44. The number of carbonyl (C=O) groups is 2. The molecule has 1 aromatic rings. The normalized spacial score (nSPS) is 9.76. The first-order valence-electron chi connectivity index (χ1n) is 4.83. The number of nitrogens with one attached hydrogen (secondary N) is 1. The lowest BCUT2D eigenvalue weighted by molar-refractivity contribution is -0.135. The fraction of sp³-hybridized carbons (Fsp3) is 0.273. The van der Waals surface area contributed by atoms with Gasteiger partial charge in [-0.3, -0.25) is 9.59 Å². The van der Waals surface area contributed by atoms with Crippen molar-refractivity contribution >= 4 is 11.9 Å². The van der Waals surface area contributed by atoms with Crippen molar-refractivity contribution in [3.63, 3.8) is 0 Å². The zero-order valence-corrected chi connectivity index (χ0v) is 9.48. The van der Waals surface area contributed by atoms with Crippen LogP contribution in [0.25, 0.3) is 0 Å². The topological polar surface area (TPSA) is 95.9 Å². The number of hydrogen-bond donors (Lipinski definition) is 3. The molecule has 0 aliphatic carbocycles. The molecule has 0 radical (unpaired) electrons. The first-order chi connectivity index (χ1) is 7.95. The fourth-order valence-electron chi connectivity index (χ4n) is 1.33. The Labute approximate surface area is 97.8 Å². The molecule has 0 fully saturated rings. The first kappa shape index (κ1) is 12.8. The van der Waals surface area contributed by atoms with Crippen LogP contribution in [0.3, 0.4) is 0 Å². The highest BCUT2D eigenvalue weighted by atomic mass is 16.5. The Morgan fingerprint density at radius 1 is 1.41 bits per heavy atom. The number of methoxy groups -OCH3 is 1. The first-order valence-corrected chi connectivity index (χ1v) is 4.83. The third-order valence-corrected chi connectivity index (χ3v) is 2.08. The van der Waals surface area contributed by atoms with E-state index < -0.39 is 18.4 Å². The number of aromatic hydroxyl groups is 1. The van der Waals surface area contributed by atoms with E-state index in [9.17, 15) is 14.7 Å². The quantitative estimate of drug-likeness (QED) is 0.712. The molecule has 0 aliphatic heterocycles. The molecular weight excluding hydrogens is 226 g/mol. The largest absolute Gasteiger partial charge is 0.504 e. The Hall–Kier alpha value is -2.24. The molecule has 0 aliphatic rings. The zero-order chi connectivity index (χ0) is 13.0. The van der Waals surface area contributed by atoms with Gasteiger partial charge in [-0.05, 0) is 24.6 Å². The predicted molar refractivity (Wildman–Crippen MR) is 59.4 cm³/mol. The Morgan fingerprint density at radius 3 is 2.59 bits per heavy atom. The number of carboxylic acid groups (broad SMARTS) is 1. The van der Waals surface area contributed by atoms with Gasteiger partial charge in [0.2, 0.25) is 0 Å². The molecule has 0 saturated carbocycles. The minimum Gasteiger partial charge on any atom is -0.504 e. The SMILES string of the molecule is COc1cc(C)cc(C(=O)NCC(=O)O)c1O. The number of phenols is 1. The Morgan fingerprint density at radius 2 is 2.06 bits per heavy atom. The van der Waals surface area contributed by atoms with Crippen LogP contribution < -0.4 is 10.1 Å². The van der Waals surface area contributed by atoms with Crippen LogP contribution in [-0.4, -0.2) is 35.7 Å². The van der Waals surface area contributed by atoms with E-state index in [0.717, 1.165) is 5.56 Å². The molecule has 92 valence electrons. The molecular formula is C11H13NO5. The van der Waals surface area contributed by atoms with Gasteiger partial charge >= 0.3 is 5.97 Å². The summed E-state index contributed by atoms with van der Waals surface area (Å²) in [6.45, 7) is 1.23. The molecule has 0 atom stereocenters. The smallest absolute Gasteiger partial charge is 0.322 e. The van der Waals surface area contributed by atoms with Gasteiger partial charge in [-0.1, -0.05) is 0 Å². The number of ether oxygens (including phenoxy) is 1. The number of aryl methyl sites for hydroxylation is 1. The standard InChI is InChI=1S/C11H13NO5/c1-6-3-7(10(15)8(4-6)17-2)11(16)12-5-9(13)14/h3-4,15H,5H2,1-2H3,(H,12,16)(H,13,14). The van der Waals surface area contributed by atoms with Gasteiger partial charge in [-0.2, -0.15) is 0 Å². The molecule has 0 heterocycles. The Balaban J connectivity index is 3.00. The molecule has 0 saturated heterocycles. The maximum Gasteiger partial charge on any atom is 0.322 e. The van der Waals surface area contributed by atoms with E-state index in [1.54, 1.807) is 13.0 Å². The van der Waals surface area contributed by atoms with Crippen molar-refractivity contribution in [3.8, 4) is 11.5 Å². The Kier molecular flexibility index (Phi) is 3.92. The molecule has 0 spiro atoms. The summed E-state index contributed by atoms with van der Waals surface area (Å²) in [5.41, 5.74) is 0.711. The van der Waals surface area contributed by atoms with Crippen LogP contribution in [-0.2, 0) is 4.79 Å². The minimum atomic E-state index is -1.16. The van der Waals surface area contributed by atoms with E-state index in [4.69, 9.17) is 9.84 Å². The van der Waals surface area contributed by atoms with Crippen molar-refractivity contribution in [2.75, 3.05) is 13.7 Å². The molecule has 17 heavy (non-hydrogen) atoms. The van der Waals surface area contributed by atoms with Crippen molar-refractivity contribution in [3.05, 3.63) is 23.3 Å². The lowest BCUT2D eigenvalue weighted by atomic mass is 10.1. The Bertz CT molecular complexity index is 455. The molecule has 0 bridgehead atoms. The molecule has 0 aromatic heterocycles. The van der Waals surface area contributed by atoms with E-state index in [1.165, 1.54) is 13.2 Å². The summed E-state index contributed by atoms with van der Waals surface area (Å²) in [5.74, 6) is -1.95. The molecule has 6 nitrogen and oxygen atoms in total. The lowest BCUT2D eigenvalue weighted by Crippen LogP contribution is -2.29. The number of rotatable bonds is 4. The highest BCUT2D eigenvalue weighted by molar-refractivity contribution is 5.99. The van der Waals surface area contributed by atoms with Gasteiger partial charge in [0, 0.05) is 0 Å². The van der Waals surface area contributed by atoms with Crippen LogP contribution in [0.2, 0.25) is 0 Å². The van der Waals surface area contributed by atoms with Crippen LogP contribution in [0.5, 0.6) is 11.5 Å². The van der Waals surface area contributed by atoms with Gasteiger partial charge in [0.1, 0.15) is 6.54 Å². The van der Waals surface area contributed by atoms with Crippen molar-refractivity contribution in [2.45, 2.75) is 6.92 Å². The van der Waals surface area contributed by atoms with Crippen LogP contribution in [0.4, 0.5) is 0 Å². The number of benzene rings is 1. The fourth-order valence-corrected chi connectivity index (χ4v) is 1.33. The minimum absolute atomic E-state index is 0.0110. The summed E-state index contributed by atoms with van der Waals surface area (Å²) in [6.07, 6.45) is 0. The molecule has 1 rings (SSSR count). The van der Waals surface area contributed by atoms with Gasteiger partial charge in [-0.15, -0.1) is 0 Å². The summed E-state index contributed by atoms with van der Waals surface area (Å²) in [4.78, 5) is 21.9. The van der Waals surface area contributed by atoms with Crippen LogP contribution in [0.1, 0.15) is 15.9 Å². The second kappa shape index (κ2) is 5.20. The summed E-state index contributed by atoms with van der Waals surface area (Å²) in [5, 5.41) is 20.3. The lowest BCUT2D eigenvalue weighted by Gasteiger charge is -2.10. The van der Waals surface area contributed by atoms with Gasteiger partial charge in [0.25, 0.3) is 5.91 Å². The summed E-state index contributed by atoms with van der Waals surface area (Å²) >= 11 is 0. The van der Waals surface area contributed by atoms with Gasteiger partial charge in [0.15, 0.2) is 11.5 Å². The molecule has 0 unspecified atom stereocenters. The van der Waals surface area contributed by atoms with Gasteiger partial charge < -0.3 is 20.3 Å². The number of hydrogen-bond acceptors (Lipinski definition) is 4. The van der Waals surface area contributed by atoms with Crippen molar-refractivity contribution in [1.29, 1.82) is 0 Å². The maximum absolute atomic E-state index is 11.6. The molecule has 1 amide bonds. The monoisotopic (exact) mass is 239 g/mol. The van der Waals surface area contributed by atoms with E-state index >= 15 is 0 Å². The van der Waals surface area contributed by atoms with Crippen LogP contribution in [0, 0.1) is 6.92 Å². The molecule has 3 N–H and O–H groups in total. The van der Waals surface area contributed by atoms with Crippen LogP contribution in [0.15, 0.2) is 12.1 Å². The van der Waals surface area contributed by atoms with Crippen molar-refractivity contribution in [1.82, 2.24) is 5.32 Å². The predicted octanol–water partition coefficient (Wildman–Crippen LogP) is 0.524. The summed E-state index contributed by atoms with van der Waals surface area (Å²) < 4.78 is 4.90. The van der Waals surface area contributed by atoms with E-state index in [-0.39, 0.29) is 17.1 Å². The van der Waals surface area contributed by atoms with Gasteiger partial charge in [0.05, 0.1) is 12.7 Å². The van der Waals surface area contributed by atoms with E-state index in [2.05, 4.69) is 5.32 Å². The third kappa shape index (κ3) is 3.10. The maximum atomic E-state index is 11.6.